The zero-order chi connectivity index (χ0) is 14.1. The Bertz CT molecular complexity index is 371. The first-order valence-electron chi connectivity index (χ1n) is 5.17. The van der Waals surface area contributed by atoms with Gasteiger partial charge in [-0.15, -0.1) is 11.8 Å². The normalized spacial score (nSPS) is 26.2. The second-order valence-electron chi connectivity index (χ2n) is 4.01. The maximum Gasteiger partial charge on any atom is 0.323 e. The predicted molar refractivity (Wildman–Crippen MR) is 59.7 cm³/mol. The molecule has 0 aromatic heterocycles. The smallest absolute Gasteiger partial charge is 0.323 e. The van der Waals surface area contributed by atoms with Crippen LogP contribution in [-0.4, -0.2) is 40.1 Å². The summed E-state index contributed by atoms with van der Waals surface area (Å²) in [5.74, 6) is -5.14. The number of alkyl halides is 4. The van der Waals surface area contributed by atoms with Crippen LogP contribution in [0.5, 0.6) is 0 Å². The van der Waals surface area contributed by atoms with E-state index in [0.29, 0.717) is 11.8 Å². The first kappa shape index (κ1) is 15.3. The van der Waals surface area contributed by atoms with Gasteiger partial charge in [0.25, 0.3) is 5.91 Å². The van der Waals surface area contributed by atoms with Crippen molar-refractivity contribution in [2.75, 3.05) is 5.75 Å². The third kappa shape index (κ3) is 2.97. The molecule has 0 radical (unpaired) electrons. The van der Waals surface area contributed by atoms with Gasteiger partial charge >= 0.3 is 12.3 Å². The Morgan fingerprint density at radius 1 is 1.56 bits per heavy atom. The van der Waals surface area contributed by atoms with E-state index >= 15 is 0 Å². The largest absolute Gasteiger partial charge is 0.368 e. The molecule has 0 aromatic carbocycles. The van der Waals surface area contributed by atoms with Crippen LogP contribution in [0.3, 0.4) is 0 Å². The Balaban J connectivity index is 3.11. The molecule has 1 aliphatic rings. The highest BCUT2D eigenvalue weighted by molar-refractivity contribution is 8.00. The van der Waals surface area contributed by atoms with Crippen LogP contribution in [0.15, 0.2) is 11.6 Å². The molecule has 0 saturated heterocycles. The minimum atomic E-state index is -4.33. The fourth-order valence-electron chi connectivity index (χ4n) is 1.59. The van der Waals surface area contributed by atoms with Crippen molar-refractivity contribution in [2.24, 2.45) is 0 Å². The van der Waals surface area contributed by atoms with Crippen LogP contribution in [0.1, 0.15) is 13.8 Å². The summed E-state index contributed by atoms with van der Waals surface area (Å²) >= 11 is 0.543. The summed E-state index contributed by atoms with van der Waals surface area (Å²) in [4.78, 5) is 11.4. The maximum atomic E-state index is 13.4. The van der Waals surface area contributed by atoms with Gasteiger partial charge in [0.15, 0.2) is 5.72 Å². The second-order valence-corrected chi connectivity index (χ2v) is 5.39. The van der Waals surface area contributed by atoms with Crippen molar-refractivity contribution in [3.8, 4) is 0 Å². The summed E-state index contributed by atoms with van der Waals surface area (Å²) in [6.45, 7) is 2.69. The summed E-state index contributed by atoms with van der Waals surface area (Å²) in [6.07, 6.45) is -3.01. The molecule has 2 N–H and O–H groups in total. The Morgan fingerprint density at radius 3 is 2.44 bits per heavy atom. The van der Waals surface area contributed by atoms with E-state index in [2.05, 4.69) is 0 Å². The molecule has 2 unspecified atom stereocenters. The van der Waals surface area contributed by atoms with E-state index in [4.69, 9.17) is 0 Å². The number of carbonyl (C=O) groups excluding carboxylic acids is 1. The molecule has 2 atom stereocenters. The van der Waals surface area contributed by atoms with Gasteiger partial charge in [-0.3, -0.25) is 4.79 Å². The summed E-state index contributed by atoms with van der Waals surface area (Å²) in [5.41, 5.74) is -2.30. The Kier molecular flexibility index (Phi) is 4.32. The monoisotopic (exact) mass is 287 g/mol. The van der Waals surface area contributed by atoms with Gasteiger partial charge in [0.2, 0.25) is 0 Å². The summed E-state index contributed by atoms with van der Waals surface area (Å²) in [5, 5.41) is 9.56. The standard InChI is InChI=1S/C10H13F4NO2S/c1-3-18-6(10(13,14)8(11)12)5-4-9(2,17)15-7(5)16/h4,6,8,17H,3H2,1-2H3,(H,15,16). The van der Waals surface area contributed by atoms with Gasteiger partial charge in [0.05, 0.1) is 0 Å². The maximum absolute atomic E-state index is 13.4. The fourth-order valence-corrected chi connectivity index (χ4v) is 2.60. The molecule has 3 nitrogen and oxygen atoms in total. The van der Waals surface area contributed by atoms with Crippen molar-refractivity contribution < 1.29 is 27.5 Å². The molecule has 0 bridgehead atoms. The lowest BCUT2D eigenvalue weighted by atomic mass is 10.1. The highest BCUT2D eigenvalue weighted by Gasteiger charge is 2.53. The Hall–Kier alpha value is -0.760. The SMILES string of the molecule is CCSC(C1=CC(C)(O)NC1=O)C(F)(F)C(F)F. The molecular formula is C10H13F4NO2S. The van der Waals surface area contributed by atoms with Crippen LogP contribution in [-0.2, 0) is 4.79 Å². The van der Waals surface area contributed by atoms with Crippen LogP contribution >= 0.6 is 11.8 Å². The van der Waals surface area contributed by atoms with Gasteiger partial charge in [-0.25, -0.2) is 8.78 Å². The molecule has 18 heavy (non-hydrogen) atoms. The summed E-state index contributed by atoms with van der Waals surface area (Å²) in [6, 6.07) is 0. The van der Waals surface area contributed by atoms with E-state index < -0.39 is 34.8 Å². The number of hydrogen-bond acceptors (Lipinski definition) is 3. The van der Waals surface area contributed by atoms with Crippen LogP contribution in [0.4, 0.5) is 17.6 Å². The molecule has 8 heteroatoms. The zero-order valence-corrected chi connectivity index (χ0v) is 10.5. The molecule has 1 aliphatic heterocycles. The van der Waals surface area contributed by atoms with Crippen molar-refractivity contribution >= 4 is 17.7 Å². The van der Waals surface area contributed by atoms with Gasteiger partial charge in [0.1, 0.15) is 5.25 Å². The van der Waals surface area contributed by atoms with Gasteiger partial charge in [-0.1, -0.05) is 6.92 Å². The molecule has 0 saturated carbocycles. The van der Waals surface area contributed by atoms with Crippen molar-refractivity contribution in [1.29, 1.82) is 0 Å². The second kappa shape index (κ2) is 5.08. The van der Waals surface area contributed by atoms with E-state index in [0.717, 1.165) is 6.08 Å². The molecule has 104 valence electrons. The van der Waals surface area contributed by atoms with Crippen molar-refractivity contribution in [3.63, 3.8) is 0 Å². The fraction of sp³-hybridized carbons (Fsp3) is 0.700. The minimum absolute atomic E-state index is 0.139. The molecule has 1 amide bonds. The lowest BCUT2D eigenvalue weighted by Crippen LogP contribution is -2.43. The Labute approximate surface area is 106 Å². The highest BCUT2D eigenvalue weighted by Crippen LogP contribution is 2.40. The number of carbonyl (C=O) groups is 1. The molecule has 0 fully saturated rings. The highest BCUT2D eigenvalue weighted by atomic mass is 32.2. The molecular weight excluding hydrogens is 274 g/mol. The van der Waals surface area contributed by atoms with E-state index in [1.807, 2.05) is 5.32 Å². The first-order valence-corrected chi connectivity index (χ1v) is 6.22. The number of amides is 1. The number of thioether (sulfide) groups is 1. The number of rotatable bonds is 5. The average molecular weight is 287 g/mol. The van der Waals surface area contributed by atoms with Gasteiger partial charge in [-0.05, 0) is 18.8 Å². The van der Waals surface area contributed by atoms with Crippen LogP contribution in [0.25, 0.3) is 0 Å². The summed E-state index contributed by atoms with van der Waals surface area (Å²) in [7, 11) is 0. The average Bonchev–Trinajstić information content (AvgIpc) is 2.48. The van der Waals surface area contributed by atoms with E-state index in [1.165, 1.54) is 13.8 Å². The van der Waals surface area contributed by atoms with Crippen molar-refractivity contribution in [2.45, 2.75) is 37.2 Å². The van der Waals surface area contributed by atoms with Crippen molar-refractivity contribution in [1.82, 2.24) is 5.32 Å². The third-order valence-electron chi connectivity index (χ3n) is 2.32. The number of nitrogens with one attached hydrogen (secondary N) is 1. The quantitative estimate of drug-likeness (QED) is 0.758. The summed E-state index contributed by atoms with van der Waals surface area (Å²) < 4.78 is 51.6. The lowest BCUT2D eigenvalue weighted by molar-refractivity contribution is -0.129. The van der Waals surface area contributed by atoms with Gasteiger partial charge in [-0.2, -0.15) is 8.78 Å². The van der Waals surface area contributed by atoms with Gasteiger partial charge < -0.3 is 10.4 Å². The topological polar surface area (TPSA) is 49.3 Å². The van der Waals surface area contributed by atoms with E-state index in [9.17, 15) is 27.5 Å². The minimum Gasteiger partial charge on any atom is -0.368 e. The van der Waals surface area contributed by atoms with E-state index in [-0.39, 0.29) is 5.75 Å². The number of aliphatic hydroxyl groups is 1. The molecule has 1 rings (SSSR count). The Morgan fingerprint density at radius 2 is 2.11 bits per heavy atom. The molecule has 0 spiro atoms. The van der Waals surface area contributed by atoms with Crippen LogP contribution in [0, 0.1) is 0 Å². The number of halogens is 4. The zero-order valence-electron chi connectivity index (χ0n) is 9.71. The van der Waals surface area contributed by atoms with Crippen LogP contribution in [0.2, 0.25) is 0 Å². The predicted octanol–water partition coefficient (Wildman–Crippen LogP) is 1.77. The molecule has 0 aliphatic carbocycles. The lowest BCUT2D eigenvalue weighted by Gasteiger charge is -2.25. The van der Waals surface area contributed by atoms with Crippen molar-refractivity contribution in [3.05, 3.63) is 11.6 Å². The first-order chi connectivity index (χ1) is 8.12. The molecule has 1 heterocycles. The number of hydrogen-bond donors (Lipinski definition) is 2. The van der Waals surface area contributed by atoms with E-state index in [1.54, 1.807) is 0 Å². The molecule has 0 aromatic rings. The van der Waals surface area contributed by atoms with Gasteiger partial charge in [0, 0.05) is 5.57 Å². The van der Waals surface area contributed by atoms with Crippen LogP contribution < -0.4 is 5.32 Å². The third-order valence-corrected chi connectivity index (χ3v) is 3.56.